The van der Waals surface area contributed by atoms with Gasteiger partial charge in [0.15, 0.2) is 5.16 Å². The van der Waals surface area contributed by atoms with Gasteiger partial charge in [0.05, 0.1) is 16.6 Å². The van der Waals surface area contributed by atoms with Crippen LogP contribution in [0.5, 0.6) is 0 Å². The van der Waals surface area contributed by atoms with Crippen molar-refractivity contribution in [3.05, 3.63) is 76.6 Å². The lowest BCUT2D eigenvalue weighted by Gasteiger charge is -2.11. The van der Waals surface area contributed by atoms with E-state index in [-0.39, 0.29) is 5.56 Å². The summed E-state index contributed by atoms with van der Waals surface area (Å²) in [5.41, 5.74) is 2.77. The van der Waals surface area contributed by atoms with Crippen molar-refractivity contribution in [1.82, 2.24) is 19.2 Å². The lowest BCUT2D eigenvalue weighted by molar-refractivity contribution is 0.932. The van der Waals surface area contributed by atoms with Gasteiger partial charge in [-0.05, 0) is 38.1 Å². The largest absolute Gasteiger partial charge is 0.268 e. The first-order valence-corrected chi connectivity index (χ1v) is 9.36. The van der Waals surface area contributed by atoms with Crippen LogP contribution in [-0.4, -0.2) is 24.9 Å². The number of hydrogen-bond acceptors (Lipinski definition) is 4. The Balaban J connectivity index is 2.03. The molecule has 0 radical (unpaired) electrons. The molecular formula is C20H18N4OS. The molecule has 0 bridgehead atoms. The van der Waals surface area contributed by atoms with Crippen LogP contribution in [0.25, 0.3) is 22.4 Å². The molecule has 6 heteroatoms. The van der Waals surface area contributed by atoms with E-state index < -0.39 is 0 Å². The van der Waals surface area contributed by atoms with Crippen LogP contribution in [0.15, 0.2) is 76.2 Å². The predicted molar refractivity (Wildman–Crippen MR) is 106 cm³/mol. The van der Waals surface area contributed by atoms with Gasteiger partial charge in [-0.3, -0.25) is 9.20 Å². The van der Waals surface area contributed by atoms with Gasteiger partial charge >= 0.3 is 0 Å². The van der Waals surface area contributed by atoms with Gasteiger partial charge in [0.25, 0.3) is 5.56 Å². The first kappa shape index (κ1) is 16.6. The summed E-state index contributed by atoms with van der Waals surface area (Å²) in [4.78, 5) is 13.1. The van der Waals surface area contributed by atoms with Crippen molar-refractivity contribution in [3.8, 4) is 5.69 Å². The van der Waals surface area contributed by atoms with Crippen LogP contribution in [0, 0.1) is 0 Å². The Morgan fingerprint density at radius 3 is 2.54 bits per heavy atom. The molecule has 4 rings (SSSR count). The fraction of sp³-hybridized carbons (Fsp3) is 0.150. The van der Waals surface area contributed by atoms with Gasteiger partial charge in [-0.1, -0.05) is 53.7 Å². The Morgan fingerprint density at radius 1 is 1.04 bits per heavy atom. The van der Waals surface area contributed by atoms with Gasteiger partial charge in [0.2, 0.25) is 5.78 Å². The van der Waals surface area contributed by atoms with Crippen molar-refractivity contribution >= 4 is 28.4 Å². The first-order chi connectivity index (χ1) is 12.7. The molecule has 0 saturated heterocycles. The Hall–Kier alpha value is -2.86. The molecule has 0 saturated carbocycles. The van der Waals surface area contributed by atoms with Gasteiger partial charge in [0, 0.05) is 5.75 Å². The second-order valence-electron chi connectivity index (χ2n) is 6.20. The van der Waals surface area contributed by atoms with Crippen LogP contribution >= 0.6 is 11.8 Å². The topological polar surface area (TPSA) is 52.2 Å². The zero-order valence-electron chi connectivity index (χ0n) is 14.6. The lowest BCUT2D eigenvalue weighted by atomic mass is 10.2. The molecule has 0 atom stereocenters. The summed E-state index contributed by atoms with van der Waals surface area (Å²) in [6, 6.07) is 17.2. The minimum Gasteiger partial charge on any atom is -0.268 e. The van der Waals surface area contributed by atoms with E-state index in [1.54, 1.807) is 16.3 Å². The molecule has 26 heavy (non-hydrogen) atoms. The predicted octanol–water partition coefficient (Wildman–Crippen LogP) is 4.09. The maximum Gasteiger partial charge on any atom is 0.267 e. The van der Waals surface area contributed by atoms with Gasteiger partial charge < -0.3 is 0 Å². The average molecular weight is 362 g/mol. The molecule has 0 aliphatic heterocycles. The molecule has 2 heterocycles. The number of nitrogens with zero attached hydrogens (tertiary/aromatic N) is 4. The standard InChI is InChI=1S/C20H18N4OS/c1-14(2)12-13-26-20-22-21-19-23(15-8-4-3-5-9-15)18(25)16-10-6-7-11-17(16)24(19)20/h3-12H,13H2,1-2H3. The molecular weight excluding hydrogens is 344 g/mol. The summed E-state index contributed by atoms with van der Waals surface area (Å²) in [5.74, 6) is 1.33. The zero-order chi connectivity index (χ0) is 18.1. The molecule has 0 aliphatic rings. The van der Waals surface area contributed by atoms with E-state index in [1.165, 1.54) is 5.57 Å². The van der Waals surface area contributed by atoms with Crippen molar-refractivity contribution in [2.75, 3.05) is 5.75 Å². The lowest BCUT2D eigenvalue weighted by Crippen LogP contribution is -2.21. The fourth-order valence-corrected chi connectivity index (χ4v) is 3.84. The molecule has 0 aliphatic carbocycles. The zero-order valence-corrected chi connectivity index (χ0v) is 15.4. The Kier molecular flexibility index (Phi) is 4.34. The third-order valence-electron chi connectivity index (χ3n) is 4.11. The second kappa shape index (κ2) is 6.80. The van der Waals surface area contributed by atoms with E-state index in [0.29, 0.717) is 11.2 Å². The Bertz CT molecular complexity index is 1170. The quantitative estimate of drug-likeness (QED) is 0.405. The third kappa shape index (κ3) is 2.82. The Morgan fingerprint density at radius 2 is 1.77 bits per heavy atom. The molecule has 130 valence electrons. The minimum absolute atomic E-state index is 0.0902. The smallest absolute Gasteiger partial charge is 0.267 e. The van der Waals surface area contributed by atoms with Crippen molar-refractivity contribution in [2.24, 2.45) is 0 Å². The van der Waals surface area contributed by atoms with Gasteiger partial charge in [-0.25, -0.2) is 4.57 Å². The minimum atomic E-state index is -0.0902. The average Bonchev–Trinajstić information content (AvgIpc) is 3.06. The number of thioether (sulfide) groups is 1. The van der Waals surface area contributed by atoms with E-state index in [9.17, 15) is 4.79 Å². The summed E-state index contributed by atoms with van der Waals surface area (Å²) in [6.45, 7) is 4.15. The summed E-state index contributed by atoms with van der Waals surface area (Å²) in [5, 5.41) is 10.1. The molecule has 0 unspecified atom stereocenters. The van der Waals surface area contributed by atoms with Crippen LogP contribution in [0.1, 0.15) is 13.8 Å². The van der Waals surface area contributed by atoms with E-state index in [1.807, 2.05) is 59.0 Å². The highest BCUT2D eigenvalue weighted by Crippen LogP contribution is 2.23. The number of benzene rings is 2. The molecule has 0 spiro atoms. The van der Waals surface area contributed by atoms with Crippen LogP contribution in [0.2, 0.25) is 0 Å². The SMILES string of the molecule is CC(C)=CCSc1nnc2n(-c3ccccc3)c(=O)c3ccccc3n12. The fourth-order valence-electron chi connectivity index (χ4n) is 2.86. The van der Waals surface area contributed by atoms with Gasteiger partial charge in [-0.15, -0.1) is 10.2 Å². The third-order valence-corrected chi connectivity index (χ3v) is 4.97. The maximum absolute atomic E-state index is 13.1. The number of aromatic nitrogens is 4. The molecule has 0 N–H and O–H groups in total. The summed E-state index contributed by atoms with van der Waals surface area (Å²) >= 11 is 1.61. The van der Waals surface area contributed by atoms with E-state index >= 15 is 0 Å². The normalized spacial score (nSPS) is 11.2. The number of allylic oxidation sites excluding steroid dienone is 1. The number of para-hydroxylation sites is 2. The molecule has 2 aromatic carbocycles. The molecule has 2 aromatic heterocycles. The Labute approximate surface area is 155 Å². The molecule has 0 fully saturated rings. The van der Waals surface area contributed by atoms with E-state index in [4.69, 9.17) is 0 Å². The molecule has 0 amide bonds. The highest BCUT2D eigenvalue weighted by molar-refractivity contribution is 7.99. The van der Waals surface area contributed by atoms with Gasteiger partial charge in [-0.2, -0.15) is 0 Å². The summed E-state index contributed by atoms with van der Waals surface area (Å²) < 4.78 is 3.59. The number of hydrogen-bond donors (Lipinski definition) is 0. The monoisotopic (exact) mass is 362 g/mol. The van der Waals surface area contributed by atoms with Crippen molar-refractivity contribution < 1.29 is 0 Å². The highest BCUT2D eigenvalue weighted by Gasteiger charge is 2.17. The number of fused-ring (bicyclic) bond motifs is 3. The van der Waals surface area contributed by atoms with Gasteiger partial charge in [0.1, 0.15) is 0 Å². The van der Waals surface area contributed by atoms with Crippen molar-refractivity contribution in [2.45, 2.75) is 19.0 Å². The summed E-state index contributed by atoms with van der Waals surface area (Å²) in [7, 11) is 0. The van der Waals surface area contributed by atoms with E-state index in [2.05, 4.69) is 30.1 Å². The maximum atomic E-state index is 13.1. The van der Waals surface area contributed by atoms with Crippen LogP contribution in [0.3, 0.4) is 0 Å². The summed E-state index contributed by atoms with van der Waals surface area (Å²) in [6.07, 6.45) is 2.15. The van der Waals surface area contributed by atoms with Crippen molar-refractivity contribution in [1.29, 1.82) is 0 Å². The first-order valence-electron chi connectivity index (χ1n) is 8.37. The number of rotatable bonds is 4. The van der Waals surface area contributed by atoms with Crippen molar-refractivity contribution in [3.63, 3.8) is 0 Å². The molecule has 5 nitrogen and oxygen atoms in total. The van der Waals surface area contributed by atoms with Crippen LogP contribution in [-0.2, 0) is 0 Å². The van der Waals surface area contributed by atoms with Crippen LogP contribution < -0.4 is 5.56 Å². The van der Waals surface area contributed by atoms with Crippen LogP contribution in [0.4, 0.5) is 0 Å². The van der Waals surface area contributed by atoms with E-state index in [0.717, 1.165) is 22.1 Å². The molecule has 4 aromatic rings. The second-order valence-corrected chi connectivity index (χ2v) is 7.19. The highest BCUT2D eigenvalue weighted by atomic mass is 32.2.